The Bertz CT molecular complexity index is 683. The van der Waals surface area contributed by atoms with Crippen LogP contribution in [0, 0.1) is 0 Å². The highest BCUT2D eigenvalue weighted by atomic mass is 32.2. The average molecular weight is 298 g/mol. The molecule has 0 bridgehead atoms. The lowest BCUT2D eigenvalue weighted by Crippen LogP contribution is -2.26. The normalized spacial score (nSPS) is 11.4. The highest BCUT2D eigenvalue weighted by Gasteiger charge is 2.19. The molecule has 0 atom stereocenters. The zero-order valence-electron chi connectivity index (χ0n) is 9.61. The highest BCUT2D eigenvalue weighted by molar-refractivity contribution is 7.89. The number of hydrogen-bond acceptors (Lipinski definition) is 6. The van der Waals surface area contributed by atoms with Crippen LogP contribution < -0.4 is 10.5 Å². The van der Waals surface area contributed by atoms with Crippen LogP contribution in [0.2, 0.25) is 0 Å². The van der Waals surface area contributed by atoms with Crippen LogP contribution in [0.15, 0.2) is 40.1 Å². The second-order valence-electron chi connectivity index (χ2n) is 3.53. The number of nitrogens with two attached hydrogens (primary N) is 1. The molecule has 0 amide bonds. The summed E-state index contributed by atoms with van der Waals surface area (Å²) in [5, 5.41) is 3.51. The number of nitrogens with zero attached hydrogens (tertiary/aromatic N) is 2. The molecule has 0 fully saturated rings. The van der Waals surface area contributed by atoms with Crippen LogP contribution in [0.25, 0.3) is 0 Å². The number of benzene rings is 1. The summed E-state index contributed by atoms with van der Waals surface area (Å²) in [7, 11) is -3.75. The Morgan fingerprint density at radius 1 is 1.42 bits per heavy atom. The van der Waals surface area contributed by atoms with Crippen molar-refractivity contribution in [3.8, 4) is 0 Å². The van der Waals surface area contributed by atoms with Gasteiger partial charge in [-0.2, -0.15) is 4.98 Å². The van der Waals surface area contributed by atoms with Crippen LogP contribution >= 0.6 is 12.2 Å². The second-order valence-corrected chi connectivity index (χ2v) is 5.71. The standard InChI is InChI=1S/C10H10N4O3S2/c11-10(18)7-3-1-2-4-8(7)19(15,16)13-5-9-12-6-17-14-9/h1-4,6,13H,5H2,(H2,11,18). The van der Waals surface area contributed by atoms with Crippen molar-refractivity contribution < 1.29 is 12.9 Å². The molecule has 1 aromatic carbocycles. The van der Waals surface area contributed by atoms with Crippen LogP contribution in [0.3, 0.4) is 0 Å². The number of nitrogens with one attached hydrogen (secondary N) is 1. The van der Waals surface area contributed by atoms with Crippen LogP contribution in [0.1, 0.15) is 11.4 Å². The van der Waals surface area contributed by atoms with Crippen molar-refractivity contribution in [3.05, 3.63) is 42.0 Å². The lowest BCUT2D eigenvalue weighted by atomic mass is 10.2. The van der Waals surface area contributed by atoms with Gasteiger partial charge < -0.3 is 10.3 Å². The largest absolute Gasteiger partial charge is 0.389 e. The fourth-order valence-electron chi connectivity index (χ4n) is 1.41. The van der Waals surface area contributed by atoms with Gasteiger partial charge in [-0.15, -0.1) is 0 Å². The third-order valence-electron chi connectivity index (χ3n) is 2.27. The second kappa shape index (κ2) is 5.43. The number of rotatable bonds is 5. The average Bonchev–Trinajstić information content (AvgIpc) is 2.89. The van der Waals surface area contributed by atoms with Crippen molar-refractivity contribution in [2.75, 3.05) is 0 Å². The van der Waals surface area contributed by atoms with E-state index in [1.54, 1.807) is 18.2 Å². The van der Waals surface area contributed by atoms with Gasteiger partial charge in [-0.25, -0.2) is 13.1 Å². The fourth-order valence-corrected chi connectivity index (χ4v) is 2.85. The van der Waals surface area contributed by atoms with E-state index in [-0.39, 0.29) is 27.8 Å². The van der Waals surface area contributed by atoms with Crippen molar-refractivity contribution >= 4 is 27.2 Å². The first-order chi connectivity index (χ1) is 9.00. The first-order valence-corrected chi connectivity index (χ1v) is 7.03. The van der Waals surface area contributed by atoms with E-state index in [4.69, 9.17) is 18.0 Å². The van der Waals surface area contributed by atoms with E-state index in [1.807, 2.05) is 0 Å². The van der Waals surface area contributed by atoms with Gasteiger partial charge in [-0.3, -0.25) is 0 Å². The molecule has 2 aromatic rings. The summed E-state index contributed by atoms with van der Waals surface area (Å²) < 4.78 is 31.1. The number of aromatic nitrogens is 2. The van der Waals surface area contributed by atoms with Gasteiger partial charge in [-0.05, 0) is 6.07 Å². The maximum Gasteiger partial charge on any atom is 0.241 e. The van der Waals surface area contributed by atoms with Crippen LogP contribution in [-0.2, 0) is 16.6 Å². The molecule has 0 saturated heterocycles. The molecule has 0 unspecified atom stereocenters. The lowest BCUT2D eigenvalue weighted by molar-refractivity contribution is 0.409. The van der Waals surface area contributed by atoms with E-state index < -0.39 is 10.0 Å². The summed E-state index contributed by atoms with van der Waals surface area (Å²) in [5.74, 6) is 0.233. The molecule has 0 aliphatic heterocycles. The fraction of sp³-hybridized carbons (Fsp3) is 0.100. The smallest absolute Gasteiger partial charge is 0.241 e. The van der Waals surface area contributed by atoms with Gasteiger partial charge in [0.05, 0.1) is 11.4 Å². The van der Waals surface area contributed by atoms with Crippen molar-refractivity contribution in [3.63, 3.8) is 0 Å². The number of sulfonamides is 1. The zero-order valence-corrected chi connectivity index (χ0v) is 11.2. The topological polar surface area (TPSA) is 111 Å². The summed E-state index contributed by atoms with van der Waals surface area (Å²) >= 11 is 4.83. The van der Waals surface area contributed by atoms with Crippen molar-refractivity contribution in [1.29, 1.82) is 0 Å². The van der Waals surface area contributed by atoms with E-state index in [0.29, 0.717) is 0 Å². The maximum atomic E-state index is 12.1. The summed E-state index contributed by atoms with van der Waals surface area (Å²) in [6.07, 6.45) is 1.12. The quantitative estimate of drug-likeness (QED) is 0.757. The van der Waals surface area contributed by atoms with Gasteiger partial charge in [0, 0.05) is 5.56 Å². The maximum absolute atomic E-state index is 12.1. The molecule has 7 nitrogen and oxygen atoms in total. The molecule has 0 radical (unpaired) electrons. The van der Waals surface area contributed by atoms with Crippen molar-refractivity contribution in [2.45, 2.75) is 11.4 Å². The third-order valence-corrected chi connectivity index (χ3v) is 3.95. The van der Waals surface area contributed by atoms with E-state index in [9.17, 15) is 8.42 Å². The molecule has 0 aliphatic carbocycles. The molecule has 1 heterocycles. The van der Waals surface area contributed by atoms with E-state index in [1.165, 1.54) is 6.07 Å². The van der Waals surface area contributed by atoms with Crippen LogP contribution in [0.4, 0.5) is 0 Å². The van der Waals surface area contributed by atoms with Crippen LogP contribution in [-0.4, -0.2) is 23.5 Å². The predicted molar refractivity (Wildman–Crippen MR) is 70.7 cm³/mol. The van der Waals surface area contributed by atoms with Gasteiger partial charge in [0.1, 0.15) is 4.99 Å². The minimum atomic E-state index is -3.75. The SMILES string of the molecule is NC(=S)c1ccccc1S(=O)(=O)NCc1ncon1. The molecule has 9 heteroatoms. The van der Waals surface area contributed by atoms with Crippen LogP contribution in [0.5, 0.6) is 0 Å². The van der Waals surface area contributed by atoms with E-state index in [0.717, 1.165) is 6.39 Å². The Kier molecular flexibility index (Phi) is 3.88. The Morgan fingerprint density at radius 2 is 2.16 bits per heavy atom. The zero-order chi connectivity index (χ0) is 13.9. The summed E-state index contributed by atoms with van der Waals surface area (Å²) in [6, 6.07) is 6.22. The highest BCUT2D eigenvalue weighted by Crippen LogP contribution is 2.15. The van der Waals surface area contributed by atoms with Gasteiger partial charge in [0.15, 0.2) is 5.82 Å². The molecule has 1 aromatic heterocycles. The summed E-state index contributed by atoms with van der Waals surface area (Å²) in [5.41, 5.74) is 5.79. The first kappa shape index (κ1) is 13.6. The third kappa shape index (κ3) is 3.13. The van der Waals surface area contributed by atoms with Crippen molar-refractivity contribution in [1.82, 2.24) is 14.9 Å². The molecule has 19 heavy (non-hydrogen) atoms. The molecule has 0 saturated carbocycles. The lowest BCUT2D eigenvalue weighted by Gasteiger charge is -2.09. The summed E-state index contributed by atoms with van der Waals surface area (Å²) in [6.45, 7) is -0.0789. The minimum Gasteiger partial charge on any atom is -0.389 e. The molecule has 0 spiro atoms. The molecule has 3 N–H and O–H groups in total. The molecule has 0 aliphatic rings. The molecule has 2 rings (SSSR count). The van der Waals surface area contributed by atoms with Crippen molar-refractivity contribution in [2.24, 2.45) is 5.73 Å². The number of thiocarbonyl (C=S) groups is 1. The Balaban J connectivity index is 2.27. The van der Waals surface area contributed by atoms with Gasteiger partial charge in [-0.1, -0.05) is 35.6 Å². The van der Waals surface area contributed by atoms with Gasteiger partial charge >= 0.3 is 0 Å². The Hall–Kier alpha value is -1.84. The molecule has 100 valence electrons. The van der Waals surface area contributed by atoms with E-state index in [2.05, 4.69) is 19.4 Å². The van der Waals surface area contributed by atoms with Gasteiger partial charge in [0.2, 0.25) is 16.4 Å². The predicted octanol–water partition coefficient (Wildman–Crippen LogP) is 0.182. The van der Waals surface area contributed by atoms with E-state index >= 15 is 0 Å². The monoisotopic (exact) mass is 298 g/mol. The molecular weight excluding hydrogens is 288 g/mol. The summed E-state index contributed by atoms with van der Waals surface area (Å²) in [4.78, 5) is 3.75. The first-order valence-electron chi connectivity index (χ1n) is 5.14. The minimum absolute atomic E-state index is 0.0144. The Labute approximate surface area is 114 Å². The number of hydrogen-bond donors (Lipinski definition) is 2. The van der Waals surface area contributed by atoms with Gasteiger partial charge in [0.25, 0.3) is 0 Å². The molecular formula is C10H10N4O3S2. The Morgan fingerprint density at radius 3 is 2.79 bits per heavy atom.